The van der Waals surface area contributed by atoms with Gasteiger partial charge in [-0.15, -0.1) is 0 Å². The lowest BCUT2D eigenvalue weighted by molar-refractivity contribution is -0.115. The van der Waals surface area contributed by atoms with E-state index < -0.39 is 11.7 Å². The molecule has 0 radical (unpaired) electrons. The highest BCUT2D eigenvalue weighted by Crippen LogP contribution is 2.23. The maximum absolute atomic E-state index is 13.5. The van der Waals surface area contributed by atoms with Crippen LogP contribution in [-0.2, 0) is 11.2 Å². The lowest BCUT2D eigenvalue weighted by atomic mass is 10.1. The minimum atomic E-state index is -0.551. The Balaban J connectivity index is 2.11. The Morgan fingerprint density at radius 3 is 2.40 bits per heavy atom. The van der Waals surface area contributed by atoms with Crippen molar-refractivity contribution in [2.24, 2.45) is 0 Å². The van der Waals surface area contributed by atoms with Crippen LogP contribution in [0, 0.1) is 5.82 Å². The molecule has 0 saturated heterocycles. The lowest BCUT2D eigenvalue weighted by Gasteiger charge is -2.08. The SMILES string of the molecule is O=C(Cc1ccc(Cl)cc1Cl)Nc1cc(Cl)ccc1F. The van der Waals surface area contributed by atoms with Gasteiger partial charge in [0.05, 0.1) is 12.1 Å². The molecule has 0 aliphatic heterocycles. The minimum Gasteiger partial charge on any atom is -0.323 e. The fourth-order valence-electron chi connectivity index (χ4n) is 1.63. The van der Waals surface area contributed by atoms with Crippen LogP contribution in [0.2, 0.25) is 15.1 Å². The van der Waals surface area contributed by atoms with E-state index >= 15 is 0 Å². The summed E-state index contributed by atoms with van der Waals surface area (Å²) in [6.45, 7) is 0. The molecule has 2 aromatic rings. The summed E-state index contributed by atoms with van der Waals surface area (Å²) in [6.07, 6.45) is 0.0158. The second kappa shape index (κ2) is 6.44. The Morgan fingerprint density at radius 1 is 1.05 bits per heavy atom. The highest BCUT2D eigenvalue weighted by Gasteiger charge is 2.10. The summed E-state index contributed by atoms with van der Waals surface area (Å²) in [7, 11) is 0. The number of carbonyl (C=O) groups excluding carboxylic acids is 1. The lowest BCUT2D eigenvalue weighted by Crippen LogP contribution is -2.15. The molecule has 0 bridgehead atoms. The molecule has 104 valence electrons. The third-order valence-corrected chi connectivity index (χ3v) is 3.39. The Labute approximate surface area is 130 Å². The average Bonchev–Trinajstić information content (AvgIpc) is 2.37. The molecule has 0 aliphatic rings. The summed E-state index contributed by atoms with van der Waals surface area (Å²) in [6, 6.07) is 8.77. The monoisotopic (exact) mass is 331 g/mol. The molecule has 0 spiro atoms. The van der Waals surface area contributed by atoms with E-state index in [1.54, 1.807) is 18.2 Å². The second-order valence-electron chi connectivity index (χ2n) is 4.08. The van der Waals surface area contributed by atoms with Crippen molar-refractivity contribution in [1.82, 2.24) is 0 Å². The zero-order valence-electron chi connectivity index (χ0n) is 10.1. The van der Waals surface area contributed by atoms with Crippen molar-refractivity contribution in [1.29, 1.82) is 0 Å². The fraction of sp³-hybridized carbons (Fsp3) is 0.0714. The Morgan fingerprint density at radius 2 is 1.70 bits per heavy atom. The maximum atomic E-state index is 13.5. The first-order valence-electron chi connectivity index (χ1n) is 5.64. The van der Waals surface area contributed by atoms with Crippen LogP contribution in [0.3, 0.4) is 0 Å². The van der Waals surface area contributed by atoms with Gasteiger partial charge in [-0.1, -0.05) is 40.9 Å². The third kappa shape index (κ3) is 3.85. The number of amides is 1. The summed E-state index contributed by atoms with van der Waals surface area (Å²) in [5.41, 5.74) is 0.642. The quantitative estimate of drug-likeness (QED) is 0.845. The van der Waals surface area contributed by atoms with Gasteiger partial charge in [0.2, 0.25) is 5.91 Å². The van der Waals surface area contributed by atoms with Crippen molar-refractivity contribution in [2.75, 3.05) is 5.32 Å². The largest absolute Gasteiger partial charge is 0.323 e. The number of benzene rings is 2. The Bertz CT molecular complexity index is 661. The van der Waals surface area contributed by atoms with Crippen molar-refractivity contribution < 1.29 is 9.18 Å². The predicted molar refractivity (Wildman–Crippen MR) is 80.2 cm³/mol. The molecule has 0 aromatic heterocycles. The number of halogens is 4. The van der Waals surface area contributed by atoms with Crippen LogP contribution in [0.4, 0.5) is 10.1 Å². The summed E-state index contributed by atoms with van der Waals surface area (Å²) < 4.78 is 13.5. The van der Waals surface area contributed by atoms with Gasteiger partial charge in [-0.3, -0.25) is 4.79 Å². The van der Waals surface area contributed by atoms with E-state index in [9.17, 15) is 9.18 Å². The molecule has 0 heterocycles. The first-order valence-corrected chi connectivity index (χ1v) is 6.78. The van der Waals surface area contributed by atoms with Crippen LogP contribution in [0.5, 0.6) is 0 Å². The molecule has 0 atom stereocenters. The first kappa shape index (κ1) is 15.1. The summed E-state index contributed by atoms with van der Waals surface area (Å²) >= 11 is 17.5. The average molecular weight is 333 g/mol. The third-order valence-electron chi connectivity index (χ3n) is 2.57. The number of carbonyl (C=O) groups is 1. The molecule has 2 nitrogen and oxygen atoms in total. The van der Waals surface area contributed by atoms with Gasteiger partial charge in [0.25, 0.3) is 0 Å². The number of hydrogen-bond donors (Lipinski definition) is 1. The molecule has 0 aliphatic carbocycles. The molecule has 0 unspecified atom stereocenters. The van der Waals surface area contributed by atoms with E-state index in [1.807, 2.05) is 0 Å². The van der Waals surface area contributed by atoms with Gasteiger partial charge in [-0.2, -0.15) is 0 Å². The van der Waals surface area contributed by atoms with Crippen LogP contribution in [0.15, 0.2) is 36.4 Å². The first-order chi connectivity index (χ1) is 9.45. The van der Waals surface area contributed by atoms with Gasteiger partial charge in [-0.05, 0) is 35.9 Å². The van der Waals surface area contributed by atoms with Gasteiger partial charge in [0.15, 0.2) is 0 Å². The number of anilines is 1. The highest BCUT2D eigenvalue weighted by atomic mass is 35.5. The second-order valence-corrected chi connectivity index (χ2v) is 5.36. The predicted octanol–water partition coefficient (Wildman–Crippen LogP) is 4.97. The number of hydrogen-bond acceptors (Lipinski definition) is 1. The normalized spacial score (nSPS) is 10.4. The number of rotatable bonds is 3. The molecular weight excluding hydrogens is 324 g/mol. The molecule has 6 heteroatoms. The fourth-order valence-corrected chi connectivity index (χ4v) is 2.27. The van der Waals surface area contributed by atoms with Crippen molar-refractivity contribution in [2.45, 2.75) is 6.42 Å². The molecule has 1 amide bonds. The van der Waals surface area contributed by atoms with Crippen molar-refractivity contribution in [3.05, 3.63) is 62.8 Å². The van der Waals surface area contributed by atoms with E-state index in [4.69, 9.17) is 34.8 Å². The van der Waals surface area contributed by atoms with Crippen LogP contribution < -0.4 is 5.32 Å². The van der Waals surface area contributed by atoms with Crippen molar-refractivity contribution in [3.8, 4) is 0 Å². The van der Waals surface area contributed by atoms with Gasteiger partial charge in [0.1, 0.15) is 5.82 Å². The molecule has 0 saturated carbocycles. The summed E-state index contributed by atoms with van der Waals surface area (Å²) in [5, 5.41) is 3.66. The van der Waals surface area contributed by atoms with E-state index in [0.717, 1.165) is 0 Å². The molecular formula is C14H9Cl3FNO. The zero-order valence-corrected chi connectivity index (χ0v) is 12.4. The van der Waals surface area contributed by atoms with Crippen LogP contribution in [0.1, 0.15) is 5.56 Å². The molecule has 0 fully saturated rings. The van der Waals surface area contributed by atoms with E-state index in [0.29, 0.717) is 20.6 Å². The Hall–Kier alpha value is -1.29. The molecule has 1 N–H and O–H groups in total. The van der Waals surface area contributed by atoms with Crippen LogP contribution in [-0.4, -0.2) is 5.91 Å². The van der Waals surface area contributed by atoms with Gasteiger partial charge in [-0.25, -0.2) is 4.39 Å². The Kier molecular flexibility index (Phi) is 4.86. The van der Waals surface area contributed by atoms with E-state index in [1.165, 1.54) is 18.2 Å². The minimum absolute atomic E-state index is 0.0158. The smallest absolute Gasteiger partial charge is 0.228 e. The summed E-state index contributed by atoms with van der Waals surface area (Å²) in [4.78, 5) is 11.9. The van der Waals surface area contributed by atoms with Crippen LogP contribution in [0.25, 0.3) is 0 Å². The summed E-state index contributed by atoms with van der Waals surface area (Å²) in [5.74, 6) is -0.944. The maximum Gasteiger partial charge on any atom is 0.228 e. The topological polar surface area (TPSA) is 29.1 Å². The van der Waals surface area contributed by atoms with Gasteiger partial charge in [0, 0.05) is 15.1 Å². The van der Waals surface area contributed by atoms with Gasteiger partial charge < -0.3 is 5.32 Å². The van der Waals surface area contributed by atoms with E-state index in [2.05, 4.69) is 5.32 Å². The zero-order chi connectivity index (χ0) is 14.7. The number of nitrogens with one attached hydrogen (secondary N) is 1. The van der Waals surface area contributed by atoms with Crippen molar-refractivity contribution in [3.63, 3.8) is 0 Å². The van der Waals surface area contributed by atoms with Crippen LogP contribution >= 0.6 is 34.8 Å². The standard InChI is InChI=1S/C14H9Cl3FNO/c15-9-2-1-8(11(17)6-9)5-14(20)19-13-7-10(16)3-4-12(13)18/h1-4,6-7H,5H2,(H,19,20). The molecule has 2 aromatic carbocycles. The van der Waals surface area contributed by atoms with Crippen molar-refractivity contribution >= 4 is 46.4 Å². The molecule has 2 rings (SSSR count). The molecule has 20 heavy (non-hydrogen) atoms. The highest BCUT2D eigenvalue weighted by molar-refractivity contribution is 6.35. The van der Waals surface area contributed by atoms with Gasteiger partial charge >= 0.3 is 0 Å². The van der Waals surface area contributed by atoms with E-state index in [-0.39, 0.29) is 12.1 Å².